The molecule has 2 aromatic carbocycles. The van der Waals surface area contributed by atoms with Gasteiger partial charge in [-0.3, -0.25) is 9.78 Å². The molecule has 4 rings (SSSR count). The minimum Gasteiger partial charge on any atom is -0.372 e. The second-order valence-electron chi connectivity index (χ2n) is 6.83. The van der Waals surface area contributed by atoms with Crippen molar-refractivity contribution < 1.29 is 4.79 Å². The van der Waals surface area contributed by atoms with Crippen molar-refractivity contribution in [2.75, 3.05) is 18.4 Å². The zero-order valence-corrected chi connectivity index (χ0v) is 15.6. The Hall–Kier alpha value is -3.47. The number of hydrogen-bond donors (Lipinski definition) is 1. The topological polar surface area (TPSA) is 58.1 Å². The summed E-state index contributed by atoms with van der Waals surface area (Å²) in [5.74, 6) is -0.278. The second kappa shape index (κ2) is 8.05. The molecule has 1 aliphatic heterocycles. The van der Waals surface area contributed by atoms with Crippen LogP contribution in [-0.4, -0.2) is 33.9 Å². The molecule has 0 atom stereocenters. The maximum absolute atomic E-state index is 12.5. The van der Waals surface area contributed by atoms with Crippen molar-refractivity contribution in [3.63, 3.8) is 0 Å². The van der Waals surface area contributed by atoms with Crippen LogP contribution < -0.4 is 5.32 Å². The first-order valence-electron chi connectivity index (χ1n) is 9.44. The molecule has 2 heterocycles. The Labute approximate surface area is 164 Å². The van der Waals surface area contributed by atoms with Gasteiger partial charge < -0.3 is 10.2 Å². The summed E-state index contributed by atoms with van der Waals surface area (Å²) in [4.78, 5) is 23.5. The summed E-state index contributed by atoms with van der Waals surface area (Å²) in [6.07, 6.45) is 5.60. The fraction of sp³-hybridized carbons (Fsp3) is 0.174. The highest BCUT2D eigenvalue weighted by Gasteiger charge is 2.15. The molecule has 0 unspecified atom stereocenters. The van der Waals surface area contributed by atoms with Crippen LogP contribution >= 0.6 is 0 Å². The van der Waals surface area contributed by atoms with E-state index in [1.165, 1.54) is 19.0 Å². The molecular formula is C23H22N4O. The molecule has 3 aromatic rings. The van der Waals surface area contributed by atoms with E-state index >= 15 is 0 Å². The largest absolute Gasteiger partial charge is 0.372 e. The number of hydrogen-bond acceptors (Lipinski definition) is 4. The van der Waals surface area contributed by atoms with E-state index in [4.69, 9.17) is 0 Å². The molecule has 1 aliphatic rings. The number of anilines is 1. The third-order valence-corrected chi connectivity index (χ3v) is 4.90. The molecule has 0 spiro atoms. The van der Waals surface area contributed by atoms with Crippen LogP contribution in [-0.2, 0) is 0 Å². The molecule has 140 valence electrons. The quantitative estimate of drug-likeness (QED) is 0.720. The number of benzene rings is 2. The lowest BCUT2D eigenvalue weighted by Crippen LogP contribution is -2.16. The number of likely N-dealkylation sites (tertiary alicyclic amines) is 1. The van der Waals surface area contributed by atoms with Crippen LogP contribution in [0.25, 0.3) is 17.0 Å². The van der Waals surface area contributed by atoms with Crippen LogP contribution in [0.1, 0.15) is 28.9 Å². The number of carbonyl (C=O) groups is 1. The van der Waals surface area contributed by atoms with Crippen molar-refractivity contribution in [3.8, 4) is 11.3 Å². The minimum atomic E-state index is -0.278. The zero-order chi connectivity index (χ0) is 19.3. The normalized spacial score (nSPS) is 13.4. The molecule has 1 aromatic heterocycles. The van der Waals surface area contributed by atoms with E-state index in [1.807, 2.05) is 54.6 Å². The molecule has 5 heteroatoms. The van der Waals surface area contributed by atoms with E-state index in [1.54, 1.807) is 6.20 Å². The Bertz CT molecular complexity index is 977. The first-order valence-corrected chi connectivity index (χ1v) is 9.44. The molecule has 0 radical (unpaired) electrons. The van der Waals surface area contributed by atoms with Crippen LogP contribution in [0.4, 0.5) is 5.69 Å². The van der Waals surface area contributed by atoms with Gasteiger partial charge in [0.05, 0.1) is 18.1 Å². The third-order valence-electron chi connectivity index (χ3n) is 4.90. The highest BCUT2D eigenvalue weighted by atomic mass is 16.1. The molecule has 1 saturated heterocycles. The van der Waals surface area contributed by atoms with Gasteiger partial charge in [-0.1, -0.05) is 49.0 Å². The Balaban J connectivity index is 1.51. The molecule has 0 aliphatic carbocycles. The first kappa shape index (κ1) is 17.9. The number of para-hydroxylation sites is 1. The van der Waals surface area contributed by atoms with Gasteiger partial charge in [-0.05, 0) is 30.5 Å². The minimum absolute atomic E-state index is 0.278. The van der Waals surface area contributed by atoms with E-state index in [-0.39, 0.29) is 11.6 Å². The SMILES string of the molecule is C=C(c1ccc(-c2cncc(C(=O)Nc3ccccc3)n2)cc1)N1CCCC1. The van der Waals surface area contributed by atoms with E-state index in [0.717, 1.165) is 35.6 Å². The van der Waals surface area contributed by atoms with E-state index in [0.29, 0.717) is 5.69 Å². The summed E-state index contributed by atoms with van der Waals surface area (Å²) in [5, 5.41) is 2.83. The van der Waals surface area contributed by atoms with Gasteiger partial charge in [0.2, 0.25) is 0 Å². The van der Waals surface area contributed by atoms with Crippen molar-refractivity contribution in [3.05, 3.63) is 84.8 Å². The van der Waals surface area contributed by atoms with E-state index < -0.39 is 0 Å². The Morgan fingerprint density at radius 2 is 1.68 bits per heavy atom. The Kier molecular flexibility index (Phi) is 5.15. The van der Waals surface area contributed by atoms with Gasteiger partial charge in [-0.25, -0.2) is 4.98 Å². The summed E-state index contributed by atoms with van der Waals surface area (Å²) < 4.78 is 0. The van der Waals surface area contributed by atoms with Crippen LogP contribution in [0, 0.1) is 0 Å². The molecule has 0 bridgehead atoms. The number of rotatable bonds is 5. The van der Waals surface area contributed by atoms with Crippen molar-refractivity contribution in [2.24, 2.45) is 0 Å². The van der Waals surface area contributed by atoms with Gasteiger partial charge in [0.1, 0.15) is 5.69 Å². The average Bonchev–Trinajstić information content (AvgIpc) is 3.29. The number of nitrogens with one attached hydrogen (secondary N) is 1. The summed E-state index contributed by atoms with van der Waals surface area (Å²) in [7, 11) is 0. The Morgan fingerprint density at radius 3 is 2.39 bits per heavy atom. The molecule has 1 fully saturated rings. The summed E-state index contributed by atoms with van der Waals surface area (Å²) in [6, 6.07) is 17.4. The van der Waals surface area contributed by atoms with Crippen LogP contribution in [0.5, 0.6) is 0 Å². The first-order chi connectivity index (χ1) is 13.7. The maximum atomic E-state index is 12.5. The third kappa shape index (κ3) is 3.93. The predicted molar refractivity (Wildman–Crippen MR) is 112 cm³/mol. The van der Waals surface area contributed by atoms with Crippen molar-refractivity contribution in [1.29, 1.82) is 0 Å². The van der Waals surface area contributed by atoms with Crippen molar-refractivity contribution in [2.45, 2.75) is 12.8 Å². The van der Waals surface area contributed by atoms with E-state index in [9.17, 15) is 4.79 Å². The van der Waals surface area contributed by atoms with Crippen LogP contribution in [0.15, 0.2) is 73.6 Å². The lowest BCUT2D eigenvalue weighted by atomic mass is 10.1. The zero-order valence-electron chi connectivity index (χ0n) is 15.6. The van der Waals surface area contributed by atoms with Gasteiger partial charge >= 0.3 is 0 Å². The highest BCUT2D eigenvalue weighted by molar-refractivity contribution is 6.02. The van der Waals surface area contributed by atoms with Crippen LogP contribution in [0.3, 0.4) is 0 Å². The maximum Gasteiger partial charge on any atom is 0.275 e. The number of amides is 1. The van der Waals surface area contributed by atoms with Gasteiger partial charge in [0.25, 0.3) is 5.91 Å². The lowest BCUT2D eigenvalue weighted by Gasteiger charge is -2.20. The highest BCUT2D eigenvalue weighted by Crippen LogP contribution is 2.25. The second-order valence-corrected chi connectivity index (χ2v) is 6.83. The van der Waals surface area contributed by atoms with Crippen LogP contribution in [0.2, 0.25) is 0 Å². The Morgan fingerprint density at radius 1 is 0.964 bits per heavy atom. The van der Waals surface area contributed by atoms with Crippen molar-refractivity contribution >= 4 is 17.3 Å². The molecule has 1 N–H and O–H groups in total. The lowest BCUT2D eigenvalue weighted by molar-refractivity contribution is 0.102. The standard InChI is InChI=1S/C23H22N4O/c1-17(27-13-5-6-14-27)18-9-11-19(12-10-18)21-15-24-16-22(26-21)23(28)25-20-7-3-2-4-8-20/h2-4,7-12,15-16H,1,5-6,13-14H2,(H,25,28). The monoisotopic (exact) mass is 370 g/mol. The number of carbonyl (C=O) groups excluding carboxylic acids is 1. The predicted octanol–water partition coefficient (Wildman–Crippen LogP) is 4.46. The number of nitrogens with zero attached hydrogens (tertiary/aromatic N) is 3. The van der Waals surface area contributed by atoms with Gasteiger partial charge in [-0.15, -0.1) is 0 Å². The average molecular weight is 370 g/mol. The molecule has 0 saturated carbocycles. The van der Waals surface area contributed by atoms with Gasteiger partial charge in [0.15, 0.2) is 0 Å². The molecular weight excluding hydrogens is 348 g/mol. The van der Waals surface area contributed by atoms with Gasteiger partial charge in [-0.2, -0.15) is 0 Å². The van der Waals surface area contributed by atoms with E-state index in [2.05, 4.69) is 26.8 Å². The smallest absolute Gasteiger partial charge is 0.275 e. The summed E-state index contributed by atoms with van der Waals surface area (Å²) in [5.41, 5.74) is 4.76. The molecule has 1 amide bonds. The van der Waals surface area contributed by atoms with Crippen molar-refractivity contribution in [1.82, 2.24) is 14.9 Å². The summed E-state index contributed by atoms with van der Waals surface area (Å²) in [6.45, 7) is 6.38. The van der Waals surface area contributed by atoms with Gasteiger partial charge in [0, 0.05) is 30.0 Å². The fourth-order valence-electron chi connectivity index (χ4n) is 3.33. The number of aromatic nitrogens is 2. The molecule has 28 heavy (non-hydrogen) atoms. The fourth-order valence-corrected chi connectivity index (χ4v) is 3.33. The molecule has 5 nitrogen and oxygen atoms in total. The summed E-state index contributed by atoms with van der Waals surface area (Å²) >= 11 is 0.